The Bertz CT molecular complexity index is 1270. The molecule has 3 aromatic rings. The third-order valence-corrected chi connectivity index (χ3v) is 7.43. The molecule has 0 spiro atoms. The van der Waals surface area contributed by atoms with Crippen LogP contribution >= 0.6 is 22.6 Å². The zero-order valence-corrected chi connectivity index (χ0v) is 22.1. The van der Waals surface area contributed by atoms with E-state index in [2.05, 4.69) is 33.1 Å². The van der Waals surface area contributed by atoms with Crippen LogP contribution < -0.4 is 14.5 Å². The van der Waals surface area contributed by atoms with Gasteiger partial charge in [-0.25, -0.2) is 13.8 Å². The summed E-state index contributed by atoms with van der Waals surface area (Å²) in [5, 5.41) is 4.16. The first-order valence-corrected chi connectivity index (χ1v) is 13.1. The summed E-state index contributed by atoms with van der Waals surface area (Å²) in [6, 6.07) is 20.9. The zero-order valence-electron chi connectivity index (χ0n) is 19.2. The summed E-state index contributed by atoms with van der Waals surface area (Å²) in [5.74, 6) is -0.209. The van der Waals surface area contributed by atoms with Crippen molar-refractivity contribution in [3.05, 3.63) is 87.5 Å². The minimum atomic E-state index is -4.06. The summed E-state index contributed by atoms with van der Waals surface area (Å²) in [7, 11) is -4.06. The van der Waals surface area contributed by atoms with Gasteiger partial charge >= 0.3 is 0 Å². The van der Waals surface area contributed by atoms with Gasteiger partial charge in [-0.15, -0.1) is 0 Å². The van der Waals surface area contributed by atoms with Crippen LogP contribution in [0.15, 0.2) is 82.8 Å². The fourth-order valence-electron chi connectivity index (χ4n) is 3.15. The number of carbonyl (C=O) groups is 1. The second-order valence-electron chi connectivity index (χ2n) is 7.46. The van der Waals surface area contributed by atoms with Crippen molar-refractivity contribution < 1.29 is 17.9 Å². The Kier molecular flexibility index (Phi) is 8.67. The molecule has 0 heterocycles. The maximum atomic E-state index is 13.6. The quantitative estimate of drug-likeness (QED) is 0.222. The van der Waals surface area contributed by atoms with Gasteiger partial charge in [0.2, 0.25) is 0 Å². The van der Waals surface area contributed by atoms with Crippen molar-refractivity contribution in [2.75, 3.05) is 17.5 Å². The van der Waals surface area contributed by atoms with Crippen molar-refractivity contribution in [2.24, 2.45) is 5.10 Å². The molecule has 3 rings (SSSR count). The fraction of sp³-hybridized carbons (Fsp3) is 0.200. The molecule has 0 aliphatic heterocycles. The number of nitrogens with one attached hydrogen (secondary N) is 1. The highest BCUT2D eigenvalue weighted by Gasteiger charge is 2.29. The number of sulfonamides is 1. The third-order valence-electron chi connectivity index (χ3n) is 4.94. The predicted molar refractivity (Wildman–Crippen MR) is 143 cm³/mol. The van der Waals surface area contributed by atoms with E-state index < -0.39 is 22.5 Å². The lowest BCUT2D eigenvalue weighted by Gasteiger charge is -2.25. The Labute approximate surface area is 214 Å². The fourth-order valence-corrected chi connectivity index (χ4v) is 4.94. The van der Waals surface area contributed by atoms with Gasteiger partial charge in [0.1, 0.15) is 12.3 Å². The molecule has 34 heavy (non-hydrogen) atoms. The Hall–Kier alpha value is -2.92. The minimum Gasteiger partial charge on any atom is -0.492 e. The lowest BCUT2D eigenvalue weighted by molar-refractivity contribution is -0.119. The van der Waals surface area contributed by atoms with Crippen LogP contribution in [0.5, 0.6) is 5.75 Å². The van der Waals surface area contributed by atoms with Gasteiger partial charge in [0.25, 0.3) is 15.9 Å². The first-order valence-electron chi connectivity index (χ1n) is 10.6. The number of anilines is 1. The summed E-state index contributed by atoms with van der Waals surface area (Å²) < 4.78 is 34.9. The van der Waals surface area contributed by atoms with Gasteiger partial charge in [0.15, 0.2) is 0 Å². The molecular weight excluding hydrogens is 565 g/mol. The van der Waals surface area contributed by atoms with Crippen LogP contribution in [0.1, 0.15) is 25.0 Å². The average Bonchev–Trinajstić information content (AvgIpc) is 2.82. The number of hydrogen-bond donors (Lipinski definition) is 1. The van der Waals surface area contributed by atoms with E-state index in [-0.39, 0.29) is 10.6 Å². The molecule has 1 amide bonds. The molecule has 178 valence electrons. The van der Waals surface area contributed by atoms with E-state index in [1.165, 1.54) is 12.1 Å². The highest BCUT2D eigenvalue weighted by Crippen LogP contribution is 2.32. The van der Waals surface area contributed by atoms with Crippen LogP contribution in [-0.4, -0.2) is 33.2 Å². The number of ether oxygens (including phenoxy) is 1. The van der Waals surface area contributed by atoms with E-state index in [0.717, 1.165) is 19.0 Å². The number of benzene rings is 3. The lowest BCUT2D eigenvalue weighted by Crippen LogP contribution is -2.40. The lowest BCUT2D eigenvalue weighted by atomic mass is 10.1. The second kappa shape index (κ2) is 11.5. The molecule has 0 aromatic heterocycles. The molecule has 1 N–H and O–H groups in total. The van der Waals surface area contributed by atoms with E-state index in [1.54, 1.807) is 43.3 Å². The van der Waals surface area contributed by atoms with Crippen LogP contribution in [0.4, 0.5) is 5.69 Å². The van der Waals surface area contributed by atoms with Crippen LogP contribution in [0.2, 0.25) is 0 Å². The Morgan fingerprint density at radius 2 is 1.68 bits per heavy atom. The highest BCUT2D eigenvalue weighted by atomic mass is 127. The topological polar surface area (TPSA) is 88.1 Å². The molecule has 0 unspecified atom stereocenters. The number of halogens is 1. The zero-order chi connectivity index (χ0) is 24.7. The van der Waals surface area contributed by atoms with Crippen molar-refractivity contribution >= 4 is 49.9 Å². The molecule has 0 saturated heterocycles. The van der Waals surface area contributed by atoms with E-state index in [0.29, 0.717) is 18.1 Å². The Morgan fingerprint density at radius 3 is 2.32 bits per heavy atom. The first kappa shape index (κ1) is 25.7. The van der Waals surface area contributed by atoms with Crippen LogP contribution in [0.3, 0.4) is 0 Å². The maximum Gasteiger partial charge on any atom is 0.264 e. The van der Waals surface area contributed by atoms with Gasteiger partial charge in [-0.2, -0.15) is 5.10 Å². The maximum absolute atomic E-state index is 13.6. The van der Waals surface area contributed by atoms with Crippen molar-refractivity contribution in [1.82, 2.24) is 5.43 Å². The molecular formula is C25H26IN3O4S. The van der Waals surface area contributed by atoms with Gasteiger partial charge in [0.05, 0.1) is 22.9 Å². The van der Waals surface area contributed by atoms with Crippen LogP contribution in [0.25, 0.3) is 0 Å². The summed E-state index contributed by atoms with van der Waals surface area (Å²) in [5.41, 5.74) is 5.14. The van der Waals surface area contributed by atoms with E-state index in [4.69, 9.17) is 4.74 Å². The van der Waals surface area contributed by atoms with Crippen LogP contribution in [0, 0.1) is 10.5 Å². The van der Waals surface area contributed by atoms with Gasteiger partial charge < -0.3 is 4.74 Å². The molecule has 0 atom stereocenters. The summed E-state index contributed by atoms with van der Waals surface area (Å²) in [6.07, 6.45) is 0. The highest BCUT2D eigenvalue weighted by molar-refractivity contribution is 14.1. The van der Waals surface area contributed by atoms with Crippen molar-refractivity contribution in [3.8, 4) is 5.75 Å². The number of hydrazone groups is 1. The second-order valence-corrected chi connectivity index (χ2v) is 10.6. The van der Waals surface area contributed by atoms with Gasteiger partial charge in [-0.1, -0.05) is 42.0 Å². The molecule has 3 aromatic carbocycles. The molecule has 0 fully saturated rings. The Morgan fingerprint density at radius 1 is 1.03 bits per heavy atom. The van der Waals surface area contributed by atoms with Crippen molar-refractivity contribution in [3.63, 3.8) is 0 Å². The summed E-state index contributed by atoms with van der Waals surface area (Å²) >= 11 is 2.21. The van der Waals surface area contributed by atoms with E-state index in [1.807, 2.05) is 38.1 Å². The molecule has 0 aliphatic rings. The number of aryl methyl sites for hydroxylation is 1. The standard InChI is InChI=1S/C25H26IN3O4S/c1-4-33-24-8-6-5-7-23(24)29(34(31,32)22-15-9-18(2)10-16-22)17-25(30)28-27-19(3)20-11-13-21(26)14-12-20/h5-16H,4,17H2,1-3H3,(H,28,30)/b27-19-. The molecule has 0 aliphatic carbocycles. The summed E-state index contributed by atoms with van der Waals surface area (Å²) in [4.78, 5) is 12.9. The number of para-hydroxylation sites is 2. The number of rotatable bonds is 9. The first-order chi connectivity index (χ1) is 16.2. The summed E-state index contributed by atoms with van der Waals surface area (Å²) in [6.45, 7) is 5.34. The number of amides is 1. The third kappa shape index (κ3) is 6.35. The average molecular weight is 591 g/mol. The van der Waals surface area contributed by atoms with Crippen molar-refractivity contribution in [2.45, 2.75) is 25.7 Å². The number of hydrogen-bond acceptors (Lipinski definition) is 5. The normalized spacial score (nSPS) is 11.7. The number of nitrogens with zero attached hydrogens (tertiary/aromatic N) is 2. The molecule has 0 bridgehead atoms. The molecule has 0 radical (unpaired) electrons. The van der Waals surface area contributed by atoms with Gasteiger partial charge in [-0.05, 0) is 85.3 Å². The smallest absolute Gasteiger partial charge is 0.264 e. The predicted octanol–water partition coefficient (Wildman–Crippen LogP) is 4.73. The monoisotopic (exact) mass is 591 g/mol. The largest absolute Gasteiger partial charge is 0.492 e. The number of carbonyl (C=O) groups excluding carboxylic acids is 1. The molecule has 7 nitrogen and oxygen atoms in total. The SMILES string of the molecule is CCOc1ccccc1N(CC(=O)N/N=C(/C)c1ccc(I)cc1)S(=O)(=O)c1ccc(C)cc1. The van der Waals surface area contributed by atoms with Gasteiger partial charge in [-0.3, -0.25) is 9.10 Å². The van der Waals surface area contributed by atoms with E-state index >= 15 is 0 Å². The molecule has 0 saturated carbocycles. The van der Waals surface area contributed by atoms with Crippen LogP contribution in [-0.2, 0) is 14.8 Å². The van der Waals surface area contributed by atoms with E-state index in [9.17, 15) is 13.2 Å². The van der Waals surface area contributed by atoms with Crippen molar-refractivity contribution in [1.29, 1.82) is 0 Å². The van der Waals surface area contributed by atoms with Gasteiger partial charge in [0, 0.05) is 3.57 Å². The minimum absolute atomic E-state index is 0.0794. The Balaban J connectivity index is 1.92. The molecule has 9 heteroatoms.